The van der Waals surface area contributed by atoms with Gasteiger partial charge in [-0.25, -0.2) is 4.98 Å². The zero-order valence-corrected chi connectivity index (χ0v) is 17.3. The molecule has 0 bridgehead atoms. The lowest BCUT2D eigenvalue weighted by atomic mass is 9.87. The minimum absolute atomic E-state index is 0.0679. The van der Waals surface area contributed by atoms with Crippen molar-refractivity contribution in [2.75, 3.05) is 13.7 Å². The molecule has 1 aromatic heterocycles. The Morgan fingerprint density at radius 3 is 2.46 bits per heavy atom. The lowest BCUT2D eigenvalue weighted by Gasteiger charge is -2.25. The van der Waals surface area contributed by atoms with Crippen LogP contribution in [0.25, 0.3) is 0 Å². The second kappa shape index (κ2) is 6.75. The number of nitrogens with one attached hydrogen (secondary N) is 2. The third-order valence-corrected chi connectivity index (χ3v) is 6.27. The summed E-state index contributed by atoms with van der Waals surface area (Å²) < 4.78 is 5.97. The van der Waals surface area contributed by atoms with E-state index in [-0.39, 0.29) is 23.1 Å². The zero-order chi connectivity index (χ0) is 20.1. The summed E-state index contributed by atoms with van der Waals surface area (Å²) in [6.07, 6.45) is 5.37. The van der Waals surface area contributed by atoms with Crippen molar-refractivity contribution < 1.29 is 14.3 Å². The second-order valence-electron chi connectivity index (χ2n) is 9.75. The molecule has 3 aliphatic rings. The van der Waals surface area contributed by atoms with Crippen LogP contribution in [0.5, 0.6) is 5.88 Å². The number of hydrogen-bond acceptors (Lipinski definition) is 4. The lowest BCUT2D eigenvalue weighted by molar-refractivity contribution is -0.124. The average molecular weight is 386 g/mol. The van der Waals surface area contributed by atoms with Crippen molar-refractivity contribution >= 4 is 11.8 Å². The molecule has 0 aromatic carbocycles. The predicted molar refractivity (Wildman–Crippen MR) is 106 cm³/mol. The molecule has 3 saturated carbocycles. The number of carbonyl (C=O) groups is 2. The highest BCUT2D eigenvalue weighted by atomic mass is 16.5. The van der Waals surface area contributed by atoms with Crippen LogP contribution in [0.15, 0.2) is 12.1 Å². The second-order valence-corrected chi connectivity index (χ2v) is 9.75. The van der Waals surface area contributed by atoms with Crippen molar-refractivity contribution in [3.05, 3.63) is 23.4 Å². The maximum absolute atomic E-state index is 13.0. The van der Waals surface area contributed by atoms with Gasteiger partial charge in [-0.05, 0) is 61.3 Å². The van der Waals surface area contributed by atoms with Crippen LogP contribution in [0.4, 0.5) is 0 Å². The number of hydrogen-bond donors (Lipinski definition) is 2. The van der Waals surface area contributed by atoms with Crippen LogP contribution in [0.2, 0.25) is 0 Å². The first kappa shape index (κ1) is 19.2. The summed E-state index contributed by atoms with van der Waals surface area (Å²) in [6, 6.07) is 3.74. The van der Waals surface area contributed by atoms with E-state index in [0.717, 1.165) is 18.4 Å². The standard InChI is InChI=1S/C22H31N3O3/c1-21(2,3)17-11-22(17,20(27)23-4)25-18(26)16-10-9-15(14-7-8-14)19(24-16)28-12-13-5-6-13/h9-10,13-14,17H,5-8,11-12H2,1-4H3,(H,23,27)(H,25,26). The normalized spacial score (nSPS) is 26.5. The molecule has 1 aromatic rings. The van der Waals surface area contributed by atoms with Crippen LogP contribution < -0.4 is 15.4 Å². The Kier molecular flexibility index (Phi) is 4.63. The third kappa shape index (κ3) is 3.74. The van der Waals surface area contributed by atoms with Gasteiger partial charge in [0.25, 0.3) is 5.91 Å². The van der Waals surface area contributed by atoms with Crippen molar-refractivity contribution in [3.63, 3.8) is 0 Å². The molecule has 1 heterocycles. The molecule has 0 saturated heterocycles. The minimum atomic E-state index is -0.851. The molecular weight excluding hydrogens is 354 g/mol. The largest absolute Gasteiger partial charge is 0.477 e. The molecule has 2 N–H and O–H groups in total. The number of rotatable bonds is 7. The smallest absolute Gasteiger partial charge is 0.270 e. The first-order valence-corrected chi connectivity index (χ1v) is 10.4. The minimum Gasteiger partial charge on any atom is -0.477 e. The maximum Gasteiger partial charge on any atom is 0.270 e. The van der Waals surface area contributed by atoms with Crippen LogP contribution in [0.1, 0.15) is 74.8 Å². The Morgan fingerprint density at radius 1 is 1.21 bits per heavy atom. The van der Waals surface area contributed by atoms with Crippen molar-refractivity contribution in [3.8, 4) is 5.88 Å². The number of pyridine rings is 1. The summed E-state index contributed by atoms with van der Waals surface area (Å²) in [5, 5.41) is 5.70. The van der Waals surface area contributed by atoms with E-state index in [4.69, 9.17) is 4.74 Å². The molecule has 0 aliphatic heterocycles. The highest BCUT2D eigenvalue weighted by Crippen LogP contribution is 2.54. The Labute approximate surface area is 166 Å². The van der Waals surface area contributed by atoms with Crippen LogP contribution in [0.3, 0.4) is 0 Å². The van der Waals surface area contributed by atoms with E-state index in [1.54, 1.807) is 13.1 Å². The van der Waals surface area contributed by atoms with Gasteiger partial charge in [-0.3, -0.25) is 9.59 Å². The van der Waals surface area contributed by atoms with Gasteiger partial charge in [0.2, 0.25) is 11.8 Å². The van der Waals surface area contributed by atoms with Gasteiger partial charge in [-0.15, -0.1) is 0 Å². The van der Waals surface area contributed by atoms with E-state index < -0.39 is 5.54 Å². The predicted octanol–water partition coefficient (Wildman–Crippen LogP) is 3.03. The summed E-state index contributed by atoms with van der Waals surface area (Å²) >= 11 is 0. The third-order valence-electron chi connectivity index (χ3n) is 6.27. The van der Waals surface area contributed by atoms with E-state index in [9.17, 15) is 9.59 Å². The molecule has 6 heteroatoms. The van der Waals surface area contributed by atoms with Crippen LogP contribution in [0, 0.1) is 17.3 Å². The molecule has 6 nitrogen and oxygen atoms in total. The van der Waals surface area contributed by atoms with Crippen LogP contribution in [-0.4, -0.2) is 36.0 Å². The number of ether oxygens (including phenoxy) is 1. The van der Waals surface area contributed by atoms with E-state index in [2.05, 4.69) is 36.4 Å². The number of likely N-dealkylation sites (N-methyl/N-ethyl adjacent to an activating group) is 1. The van der Waals surface area contributed by atoms with Gasteiger partial charge in [-0.2, -0.15) is 0 Å². The lowest BCUT2D eigenvalue weighted by Crippen LogP contribution is -2.51. The SMILES string of the molecule is CNC(=O)C1(NC(=O)c2ccc(C3CC3)c(OCC3CC3)n2)CC1C(C)(C)C. The quantitative estimate of drug-likeness (QED) is 0.756. The molecule has 3 aliphatic carbocycles. The molecular formula is C22H31N3O3. The monoisotopic (exact) mass is 385 g/mol. The summed E-state index contributed by atoms with van der Waals surface area (Å²) in [7, 11) is 1.61. The summed E-state index contributed by atoms with van der Waals surface area (Å²) in [6.45, 7) is 6.97. The first-order valence-electron chi connectivity index (χ1n) is 10.4. The Hall–Kier alpha value is -2.11. The van der Waals surface area contributed by atoms with Gasteiger partial charge in [0.1, 0.15) is 11.2 Å². The summed E-state index contributed by atoms with van der Waals surface area (Å²) in [5.41, 5.74) is 0.507. The molecule has 2 unspecified atom stereocenters. The fourth-order valence-corrected chi connectivity index (χ4v) is 4.12. The highest BCUT2D eigenvalue weighted by molar-refractivity contribution is 6.00. The van der Waals surface area contributed by atoms with E-state index >= 15 is 0 Å². The molecule has 2 amide bonds. The van der Waals surface area contributed by atoms with Gasteiger partial charge in [0, 0.05) is 12.6 Å². The molecule has 4 rings (SSSR count). The van der Waals surface area contributed by atoms with Crippen molar-refractivity contribution in [2.24, 2.45) is 17.3 Å². The Morgan fingerprint density at radius 2 is 1.93 bits per heavy atom. The maximum atomic E-state index is 13.0. The van der Waals surface area contributed by atoms with Gasteiger partial charge in [0.05, 0.1) is 6.61 Å². The van der Waals surface area contributed by atoms with Crippen LogP contribution >= 0.6 is 0 Å². The molecule has 2 atom stereocenters. The highest BCUT2D eigenvalue weighted by Gasteiger charge is 2.64. The molecule has 3 fully saturated rings. The summed E-state index contributed by atoms with van der Waals surface area (Å²) in [5.74, 6) is 1.38. The Bertz CT molecular complexity index is 793. The van der Waals surface area contributed by atoms with E-state index in [1.807, 2.05) is 6.07 Å². The molecule has 28 heavy (non-hydrogen) atoms. The van der Waals surface area contributed by atoms with Gasteiger partial charge in [0.15, 0.2) is 0 Å². The summed E-state index contributed by atoms with van der Waals surface area (Å²) in [4.78, 5) is 30.1. The van der Waals surface area contributed by atoms with E-state index in [0.29, 0.717) is 36.4 Å². The van der Waals surface area contributed by atoms with Gasteiger partial charge >= 0.3 is 0 Å². The Balaban J connectivity index is 1.53. The molecule has 152 valence electrons. The van der Waals surface area contributed by atoms with Crippen molar-refractivity contribution in [2.45, 2.75) is 64.3 Å². The van der Waals surface area contributed by atoms with Crippen molar-refractivity contribution in [1.29, 1.82) is 0 Å². The van der Waals surface area contributed by atoms with Gasteiger partial charge < -0.3 is 15.4 Å². The van der Waals surface area contributed by atoms with E-state index in [1.165, 1.54) is 12.8 Å². The number of nitrogens with zero attached hydrogens (tertiary/aromatic N) is 1. The van der Waals surface area contributed by atoms with Crippen molar-refractivity contribution in [1.82, 2.24) is 15.6 Å². The zero-order valence-electron chi connectivity index (χ0n) is 17.3. The molecule has 0 spiro atoms. The first-order chi connectivity index (χ1) is 13.2. The number of amides is 2. The number of carbonyl (C=O) groups excluding carboxylic acids is 2. The topological polar surface area (TPSA) is 80.3 Å². The number of aromatic nitrogens is 1. The fraction of sp³-hybridized carbons (Fsp3) is 0.682. The van der Waals surface area contributed by atoms with Crippen LogP contribution in [-0.2, 0) is 4.79 Å². The van der Waals surface area contributed by atoms with Gasteiger partial charge in [-0.1, -0.05) is 26.8 Å². The fourth-order valence-electron chi connectivity index (χ4n) is 4.12. The molecule has 0 radical (unpaired) electrons. The average Bonchev–Trinajstić information content (AvgIpc) is 3.52.